The third-order valence-electron chi connectivity index (χ3n) is 2.21. The van der Waals surface area contributed by atoms with Gasteiger partial charge in [-0.3, -0.25) is 4.79 Å². The SMILES string of the molecule is CCOC(=O)Cc1csc(C(C)(C)OC)n1. The molecule has 0 aliphatic rings. The standard InChI is InChI=1S/C11H17NO3S/c1-5-15-9(13)6-8-7-16-10(12-8)11(2,3)14-4/h7H,5-6H2,1-4H3. The van der Waals surface area contributed by atoms with E-state index in [0.29, 0.717) is 6.61 Å². The Kier molecular flexibility index (Phi) is 4.44. The van der Waals surface area contributed by atoms with Crippen LogP contribution >= 0.6 is 11.3 Å². The van der Waals surface area contributed by atoms with Crippen LogP contribution in [-0.2, 0) is 26.3 Å². The minimum absolute atomic E-state index is 0.226. The Morgan fingerprint density at radius 3 is 2.81 bits per heavy atom. The Labute approximate surface area is 99.6 Å². The van der Waals surface area contributed by atoms with Crippen molar-refractivity contribution in [1.29, 1.82) is 0 Å². The second-order valence-corrected chi connectivity index (χ2v) is 4.70. The molecule has 0 saturated heterocycles. The largest absolute Gasteiger partial charge is 0.466 e. The average Bonchev–Trinajstić information content (AvgIpc) is 2.67. The summed E-state index contributed by atoms with van der Waals surface area (Å²) in [5.74, 6) is -0.241. The van der Waals surface area contributed by atoms with E-state index in [1.54, 1.807) is 14.0 Å². The highest BCUT2D eigenvalue weighted by molar-refractivity contribution is 7.09. The van der Waals surface area contributed by atoms with Crippen LogP contribution in [0.5, 0.6) is 0 Å². The average molecular weight is 243 g/mol. The van der Waals surface area contributed by atoms with Crippen molar-refractivity contribution in [1.82, 2.24) is 4.98 Å². The van der Waals surface area contributed by atoms with Gasteiger partial charge in [0.2, 0.25) is 0 Å². The first-order chi connectivity index (χ1) is 7.49. The van der Waals surface area contributed by atoms with Crippen LogP contribution < -0.4 is 0 Å². The Morgan fingerprint density at radius 2 is 2.25 bits per heavy atom. The number of methoxy groups -OCH3 is 1. The molecule has 0 spiro atoms. The van der Waals surface area contributed by atoms with Gasteiger partial charge in [-0.15, -0.1) is 11.3 Å². The van der Waals surface area contributed by atoms with Gasteiger partial charge in [0.25, 0.3) is 0 Å². The summed E-state index contributed by atoms with van der Waals surface area (Å²) in [5, 5.41) is 2.74. The van der Waals surface area contributed by atoms with Crippen molar-refractivity contribution in [3.8, 4) is 0 Å². The number of aromatic nitrogens is 1. The first kappa shape index (κ1) is 13.1. The van der Waals surface area contributed by atoms with Crippen LogP contribution in [0.15, 0.2) is 5.38 Å². The zero-order valence-electron chi connectivity index (χ0n) is 10.1. The van der Waals surface area contributed by atoms with Crippen molar-refractivity contribution in [2.24, 2.45) is 0 Å². The molecule has 1 aromatic rings. The summed E-state index contributed by atoms with van der Waals surface area (Å²) in [6.07, 6.45) is 0.226. The Hall–Kier alpha value is -0.940. The van der Waals surface area contributed by atoms with Crippen molar-refractivity contribution in [2.45, 2.75) is 32.8 Å². The van der Waals surface area contributed by atoms with E-state index in [0.717, 1.165) is 10.7 Å². The number of carbonyl (C=O) groups is 1. The number of thiazole rings is 1. The van der Waals surface area contributed by atoms with E-state index < -0.39 is 5.60 Å². The third kappa shape index (κ3) is 3.28. The summed E-state index contributed by atoms with van der Waals surface area (Å²) in [7, 11) is 1.65. The maximum Gasteiger partial charge on any atom is 0.311 e. The van der Waals surface area contributed by atoms with Crippen LogP contribution in [0.3, 0.4) is 0 Å². The lowest BCUT2D eigenvalue weighted by Gasteiger charge is -2.19. The van der Waals surface area contributed by atoms with Crippen molar-refractivity contribution >= 4 is 17.3 Å². The molecule has 0 aliphatic heterocycles. The summed E-state index contributed by atoms with van der Waals surface area (Å²) in [6, 6.07) is 0. The third-order valence-corrected chi connectivity index (χ3v) is 3.40. The van der Waals surface area contributed by atoms with Gasteiger partial charge in [-0.25, -0.2) is 4.98 Å². The monoisotopic (exact) mass is 243 g/mol. The Morgan fingerprint density at radius 1 is 1.56 bits per heavy atom. The molecule has 0 radical (unpaired) electrons. The predicted octanol–water partition coefficient (Wildman–Crippen LogP) is 2.13. The van der Waals surface area contributed by atoms with Crippen LogP contribution in [0.4, 0.5) is 0 Å². The molecule has 1 rings (SSSR count). The van der Waals surface area contributed by atoms with Gasteiger partial charge in [-0.1, -0.05) is 0 Å². The fourth-order valence-corrected chi connectivity index (χ4v) is 2.03. The van der Waals surface area contributed by atoms with Gasteiger partial charge in [-0.05, 0) is 20.8 Å². The number of carbonyl (C=O) groups excluding carboxylic acids is 1. The number of hydrogen-bond donors (Lipinski definition) is 0. The summed E-state index contributed by atoms with van der Waals surface area (Å²) in [5.41, 5.74) is 0.334. The molecule has 0 aliphatic carbocycles. The number of hydrogen-bond acceptors (Lipinski definition) is 5. The number of nitrogens with zero attached hydrogens (tertiary/aromatic N) is 1. The first-order valence-electron chi connectivity index (χ1n) is 5.15. The molecule has 0 unspecified atom stereocenters. The fourth-order valence-electron chi connectivity index (χ4n) is 1.11. The van der Waals surface area contributed by atoms with Gasteiger partial charge < -0.3 is 9.47 Å². The lowest BCUT2D eigenvalue weighted by atomic mass is 10.1. The second-order valence-electron chi connectivity index (χ2n) is 3.84. The fraction of sp³-hybridized carbons (Fsp3) is 0.636. The van der Waals surface area contributed by atoms with Gasteiger partial charge in [0.05, 0.1) is 18.7 Å². The van der Waals surface area contributed by atoms with Gasteiger partial charge >= 0.3 is 5.97 Å². The highest BCUT2D eigenvalue weighted by Crippen LogP contribution is 2.26. The molecule has 0 fully saturated rings. The van der Waals surface area contributed by atoms with Crippen LogP contribution in [-0.4, -0.2) is 24.7 Å². The molecule has 5 heteroatoms. The number of rotatable bonds is 5. The maximum atomic E-state index is 11.3. The predicted molar refractivity (Wildman–Crippen MR) is 62.5 cm³/mol. The molecule has 0 amide bonds. The molecular formula is C11H17NO3S. The van der Waals surface area contributed by atoms with Crippen molar-refractivity contribution in [3.05, 3.63) is 16.1 Å². The summed E-state index contributed by atoms with van der Waals surface area (Å²) < 4.78 is 10.2. The number of ether oxygens (including phenoxy) is 2. The molecule has 0 aromatic carbocycles. The topological polar surface area (TPSA) is 48.4 Å². The Balaban J connectivity index is 2.68. The van der Waals surface area contributed by atoms with E-state index in [2.05, 4.69) is 4.98 Å². The van der Waals surface area contributed by atoms with Crippen LogP contribution in [0, 0.1) is 0 Å². The van der Waals surface area contributed by atoms with E-state index in [-0.39, 0.29) is 12.4 Å². The molecule has 16 heavy (non-hydrogen) atoms. The molecular weight excluding hydrogens is 226 g/mol. The van der Waals surface area contributed by atoms with E-state index in [4.69, 9.17) is 9.47 Å². The van der Waals surface area contributed by atoms with Crippen LogP contribution in [0.2, 0.25) is 0 Å². The first-order valence-corrected chi connectivity index (χ1v) is 6.03. The molecule has 0 atom stereocenters. The van der Waals surface area contributed by atoms with E-state index >= 15 is 0 Å². The zero-order valence-corrected chi connectivity index (χ0v) is 10.9. The summed E-state index contributed by atoms with van der Waals surface area (Å²) in [6.45, 7) is 6.08. The molecule has 1 aromatic heterocycles. The van der Waals surface area contributed by atoms with E-state index in [1.165, 1.54) is 11.3 Å². The lowest BCUT2D eigenvalue weighted by molar-refractivity contribution is -0.142. The van der Waals surface area contributed by atoms with Crippen LogP contribution in [0.1, 0.15) is 31.5 Å². The second kappa shape index (κ2) is 5.41. The smallest absolute Gasteiger partial charge is 0.311 e. The highest BCUT2D eigenvalue weighted by Gasteiger charge is 2.23. The van der Waals surface area contributed by atoms with Crippen molar-refractivity contribution < 1.29 is 14.3 Å². The van der Waals surface area contributed by atoms with Crippen molar-refractivity contribution in [3.63, 3.8) is 0 Å². The van der Waals surface area contributed by atoms with Gasteiger partial charge in [0, 0.05) is 12.5 Å². The van der Waals surface area contributed by atoms with Gasteiger partial charge in [0.1, 0.15) is 10.6 Å². The molecule has 90 valence electrons. The van der Waals surface area contributed by atoms with Gasteiger partial charge in [-0.2, -0.15) is 0 Å². The molecule has 0 bridgehead atoms. The summed E-state index contributed by atoms with van der Waals surface area (Å²) in [4.78, 5) is 15.6. The zero-order chi connectivity index (χ0) is 12.2. The van der Waals surface area contributed by atoms with E-state index in [9.17, 15) is 4.79 Å². The highest BCUT2D eigenvalue weighted by atomic mass is 32.1. The molecule has 4 nitrogen and oxygen atoms in total. The van der Waals surface area contributed by atoms with Crippen LogP contribution in [0.25, 0.3) is 0 Å². The lowest BCUT2D eigenvalue weighted by Crippen LogP contribution is -2.19. The maximum absolute atomic E-state index is 11.3. The van der Waals surface area contributed by atoms with Gasteiger partial charge in [0.15, 0.2) is 0 Å². The molecule has 0 N–H and O–H groups in total. The molecule has 1 heterocycles. The Bertz CT molecular complexity index is 360. The minimum atomic E-state index is -0.405. The quantitative estimate of drug-likeness (QED) is 0.743. The van der Waals surface area contributed by atoms with E-state index in [1.807, 2.05) is 19.2 Å². The van der Waals surface area contributed by atoms with Crippen molar-refractivity contribution in [2.75, 3.05) is 13.7 Å². The molecule has 0 saturated carbocycles. The summed E-state index contributed by atoms with van der Waals surface area (Å²) >= 11 is 1.50. The normalized spacial score (nSPS) is 11.5. The minimum Gasteiger partial charge on any atom is -0.466 e. The number of esters is 1.